The van der Waals surface area contributed by atoms with E-state index in [0.717, 1.165) is 38.1 Å². The number of sulfonamides is 1. The zero-order chi connectivity index (χ0) is 18.3. The van der Waals surface area contributed by atoms with Crippen molar-refractivity contribution in [2.75, 3.05) is 26.2 Å². The first kappa shape index (κ1) is 19.3. The van der Waals surface area contributed by atoms with E-state index < -0.39 is 14.9 Å². The molecule has 3 N–H and O–H groups in total. The number of carbonyl (C=O) groups excluding carboxylic acids is 1. The number of nitro groups is 1. The number of nitrogens with one attached hydrogen (secondary N) is 3. The van der Waals surface area contributed by atoms with Crippen LogP contribution in [0.15, 0.2) is 29.2 Å². The van der Waals surface area contributed by atoms with Crippen molar-refractivity contribution in [3.8, 4) is 0 Å². The Kier molecular flexibility index (Phi) is 6.85. The molecular weight excluding hydrogens is 348 g/mol. The van der Waals surface area contributed by atoms with Gasteiger partial charge in [0.2, 0.25) is 15.9 Å². The molecular formula is C15H22N4O5S. The van der Waals surface area contributed by atoms with E-state index in [4.69, 9.17) is 0 Å². The summed E-state index contributed by atoms with van der Waals surface area (Å²) in [6, 6.07) is 4.62. The fourth-order valence-electron chi connectivity index (χ4n) is 2.60. The third-order valence-electron chi connectivity index (χ3n) is 4.04. The summed E-state index contributed by atoms with van der Waals surface area (Å²) < 4.78 is 26.5. The molecule has 1 aliphatic rings. The molecule has 9 nitrogen and oxygen atoms in total. The minimum Gasteiger partial charge on any atom is -0.355 e. The van der Waals surface area contributed by atoms with Gasteiger partial charge < -0.3 is 10.6 Å². The molecule has 0 spiro atoms. The van der Waals surface area contributed by atoms with Gasteiger partial charge in [-0.05, 0) is 44.0 Å². The Morgan fingerprint density at radius 1 is 1.28 bits per heavy atom. The molecule has 1 amide bonds. The van der Waals surface area contributed by atoms with Gasteiger partial charge in [-0.1, -0.05) is 0 Å². The molecule has 1 heterocycles. The summed E-state index contributed by atoms with van der Waals surface area (Å²) in [6.07, 6.45) is 2.34. The second kappa shape index (κ2) is 8.88. The third-order valence-corrected chi connectivity index (χ3v) is 5.52. The summed E-state index contributed by atoms with van der Waals surface area (Å²) in [4.78, 5) is 21.6. The molecule has 10 heteroatoms. The van der Waals surface area contributed by atoms with Gasteiger partial charge in [0.05, 0.1) is 9.82 Å². The molecule has 0 radical (unpaired) electrons. The van der Waals surface area contributed by atoms with E-state index in [0.29, 0.717) is 12.3 Å². The monoisotopic (exact) mass is 370 g/mol. The smallest absolute Gasteiger partial charge is 0.269 e. The second-order valence-corrected chi connectivity index (χ2v) is 7.66. The Hall–Kier alpha value is -2.04. The number of non-ortho nitro benzene ring substituents is 1. The SMILES string of the molecule is O=C(CCC1CCNC1)NCCNS(=O)(=O)c1ccc([N+](=O)[O-])cc1. The van der Waals surface area contributed by atoms with Gasteiger partial charge in [-0.25, -0.2) is 13.1 Å². The van der Waals surface area contributed by atoms with Crippen molar-refractivity contribution in [2.45, 2.75) is 24.2 Å². The van der Waals surface area contributed by atoms with Crippen LogP contribution in [0, 0.1) is 16.0 Å². The van der Waals surface area contributed by atoms with Crippen molar-refractivity contribution < 1.29 is 18.1 Å². The minimum absolute atomic E-state index is 0.0516. The lowest BCUT2D eigenvalue weighted by Gasteiger charge is -2.10. The summed E-state index contributed by atoms with van der Waals surface area (Å²) in [7, 11) is -3.76. The lowest BCUT2D eigenvalue weighted by atomic mass is 10.0. The molecule has 1 atom stereocenters. The standard InChI is InChI=1S/C15H22N4O5S/c20-15(6-1-12-7-8-16-11-12)17-9-10-18-25(23,24)14-4-2-13(3-5-14)19(21)22/h2-5,12,16,18H,1,6-11H2,(H,17,20). The van der Waals surface area contributed by atoms with E-state index in [2.05, 4.69) is 15.4 Å². The predicted octanol–water partition coefficient (Wildman–Crippen LogP) is 0.379. The van der Waals surface area contributed by atoms with Crippen LogP contribution in [0.4, 0.5) is 5.69 Å². The highest BCUT2D eigenvalue weighted by atomic mass is 32.2. The molecule has 0 saturated carbocycles. The molecule has 1 fully saturated rings. The molecule has 1 aliphatic heterocycles. The zero-order valence-corrected chi connectivity index (χ0v) is 14.5. The van der Waals surface area contributed by atoms with Crippen LogP contribution in [0.3, 0.4) is 0 Å². The van der Waals surface area contributed by atoms with Gasteiger partial charge in [0.1, 0.15) is 0 Å². The van der Waals surface area contributed by atoms with Crippen molar-refractivity contribution in [1.29, 1.82) is 0 Å². The number of benzene rings is 1. The Morgan fingerprint density at radius 2 is 2.00 bits per heavy atom. The molecule has 25 heavy (non-hydrogen) atoms. The summed E-state index contributed by atoms with van der Waals surface area (Å²) in [5.74, 6) is 0.438. The molecule has 138 valence electrons. The molecule has 1 aromatic carbocycles. The average Bonchev–Trinajstić information content (AvgIpc) is 3.10. The number of carbonyl (C=O) groups is 1. The van der Waals surface area contributed by atoms with Gasteiger partial charge in [-0.2, -0.15) is 0 Å². The van der Waals surface area contributed by atoms with Crippen LogP contribution in [0.5, 0.6) is 0 Å². The van der Waals surface area contributed by atoms with Gasteiger partial charge in [0.25, 0.3) is 5.69 Å². The first-order chi connectivity index (χ1) is 11.9. The number of nitrogens with zero attached hydrogens (tertiary/aromatic N) is 1. The summed E-state index contributed by atoms with van der Waals surface area (Å²) in [6.45, 7) is 2.18. The van der Waals surface area contributed by atoms with Crippen LogP contribution in [0.1, 0.15) is 19.3 Å². The topological polar surface area (TPSA) is 130 Å². The quantitative estimate of drug-likeness (QED) is 0.327. The fraction of sp³-hybridized carbons (Fsp3) is 0.533. The van der Waals surface area contributed by atoms with Gasteiger partial charge in [0, 0.05) is 31.6 Å². The van der Waals surface area contributed by atoms with Gasteiger partial charge in [-0.15, -0.1) is 0 Å². The zero-order valence-electron chi connectivity index (χ0n) is 13.7. The third kappa shape index (κ3) is 6.07. The number of amides is 1. The molecule has 1 aromatic rings. The van der Waals surface area contributed by atoms with Crippen LogP contribution in [0.2, 0.25) is 0 Å². The second-order valence-electron chi connectivity index (χ2n) is 5.90. The van der Waals surface area contributed by atoms with Gasteiger partial charge in [-0.3, -0.25) is 14.9 Å². The van der Waals surface area contributed by atoms with Crippen molar-refractivity contribution in [2.24, 2.45) is 5.92 Å². The van der Waals surface area contributed by atoms with Crippen LogP contribution in [-0.2, 0) is 14.8 Å². The normalized spacial score (nSPS) is 17.4. The highest BCUT2D eigenvalue weighted by Gasteiger charge is 2.17. The molecule has 1 unspecified atom stereocenters. The van der Waals surface area contributed by atoms with E-state index >= 15 is 0 Å². The lowest BCUT2D eigenvalue weighted by Crippen LogP contribution is -2.34. The van der Waals surface area contributed by atoms with Crippen molar-refractivity contribution in [3.05, 3.63) is 34.4 Å². The van der Waals surface area contributed by atoms with Crippen LogP contribution in [-0.4, -0.2) is 45.4 Å². The number of hydrogen-bond donors (Lipinski definition) is 3. The van der Waals surface area contributed by atoms with E-state index in [9.17, 15) is 23.3 Å². The van der Waals surface area contributed by atoms with Crippen molar-refractivity contribution in [3.63, 3.8) is 0 Å². The Balaban J connectivity index is 1.70. The highest BCUT2D eigenvalue weighted by Crippen LogP contribution is 2.15. The summed E-state index contributed by atoms with van der Waals surface area (Å²) >= 11 is 0. The Morgan fingerprint density at radius 3 is 2.60 bits per heavy atom. The molecule has 0 bridgehead atoms. The van der Waals surface area contributed by atoms with Crippen molar-refractivity contribution in [1.82, 2.24) is 15.4 Å². The van der Waals surface area contributed by atoms with Crippen LogP contribution < -0.4 is 15.4 Å². The summed E-state index contributed by atoms with van der Waals surface area (Å²) in [5, 5.41) is 16.5. The van der Waals surface area contributed by atoms with Gasteiger partial charge in [0.15, 0.2) is 0 Å². The summed E-state index contributed by atoms with van der Waals surface area (Å²) in [5.41, 5.74) is -0.177. The number of rotatable bonds is 9. The average molecular weight is 370 g/mol. The first-order valence-corrected chi connectivity index (χ1v) is 9.58. The maximum Gasteiger partial charge on any atom is 0.269 e. The maximum absolute atomic E-state index is 12.1. The first-order valence-electron chi connectivity index (χ1n) is 8.10. The Labute approximate surface area is 146 Å². The predicted molar refractivity (Wildman–Crippen MR) is 91.5 cm³/mol. The van der Waals surface area contributed by atoms with Crippen LogP contribution in [0.25, 0.3) is 0 Å². The molecule has 1 saturated heterocycles. The lowest BCUT2D eigenvalue weighted by molar-refractivity contribution is -0.384. The molecule has 0 aromatic heterocycles. The van der Waals surface area contributed by atoms with Gasteiger partial charge >= 0.3 is 0 Å². The number of hydrogen-bond acceptors (Lipinski definition) is 6. The fourth-order valence-corrected chi connectivity index (χ4v) is 3.63. The molecule has 0 aliphatic carbocycles. The highest BCUT2D eigenvalue weighted by molar-refractivity contribution is 7.89. The van der Waals surface area contributed by atoms with E-state index in [1.54, 1.807) is 0 Å². The van der Waals surface area contributed by atoms with E-state index in [1.165, 1.54) is 12.1 Å². The molecule has 2 rings (SSSR count). The van der Waals surface area contributed by atoms with Crippen LogP contribution >= 0.6 is 0 Å². The largest absolute Gasteiger partial charge is 0.355 e. The van der Waals surface area contributed by atoms with E-state index in [-0.39, 0.29) is 29.6 Å². The van der Waals surface area contributed by atoms with Crippen molar-refractivity contribution >= 4 is 21.6 Å². The minimum atomic E-state index is -3.76. The van der Waals surface area contributed by atoms with E-state index in [1.807, 2.05) is 0 Å². The maximum atomic E-state index is 12.1. The Bertz CT molecular complexity index is 699. The number of nitro benzene ring substituents is 1.